The van der Waals surface area contributed by atoms with Gasteiger partial charge in [0.2, 0.25) is 5.91 Å². The minimum Gasteiger partial charge on any atom is -0.354 e. The Labute approximate surface area is 203 Å². The van der Waals surface area contributed by atoms with Crippen molar-refractivity contribution in [3.05, 3.63) is 102 Å². The van der Waals surface area contributed by atoms with Crippen LogP contribution in [0.3, 0.4) is 0 Å². The number of nitrogens with one attached hydrogen (secondary N) is 2. The van der Waals surface area contributed by atoms with Crippen LogP contribution in [0.2, 0.25) is 0 Å². The fourth-order valence-corrected chi connectivity index (χ4v) is 4.11. The van der Waals surface area contributed by atoms with Crippen LogP contribution in [0.5, 0.6) is 0 Å². The highest BCUT2D eigenvalue weighted by atomic mass is 16.2. The molecule has 0 saturated heterocycles. The Hall–Kier alpha value is -3.47. The van der Waals surface area contributed by atoms with Gasteiger partial charge in [-0.3, -0.25) is 14.6 Å². The normalized spacial score (nSPS) is 11.5. The molecule has 0 spiro atoms. The minimum atomic E-state index is -0.178. The Morgan fingerprint density at radius 3 is 2.24 bits per heavy atom. The molecule has 0 aliphatic heterocycles. The van der Waals surface area contributed by atoms with E-state index in [1.807, 2.05) is 0 Å². The fourth-order valence-electron chi connectivity index (χ4n) is 4.11. The van der Waals surface area contributed by atoms with E-state index in [0.29, 0.717) is 31.0 Å². The number of benzene rings is 2. The van der Waals surface area contributed by atoms with Crippen molar-refractivity contribution < 1.29 is 9.59 Å². The molecule has 2 amide bonds. The van der Waals surface area contributed by atoms with Gasteiger partial charge in [-0.25, -0.2) is 0 Å². The summed E-state index contributed by atoms with van der Waals surface area (Å²) in [4.78, 5) is 28.0. The number of amides is 2. The van der Waals surface area contributed by atoms with E-state index in [-0.39, 0.29) is 11.8 Å². The zero-order chi connectivity index (χ0) is 23.8. The van der Waals surface area contributed by atoms with Gasteiger partial charge in [-0.15, -0.1) is 0 Å². The van der Waals surface area contributed by atoms with Crippen LogP contribution in [0.1, 0.15) is 65.9 Å². The van der Waals surface area contributed by atoms with Gasteiger partial charge in [-0.1, -0.05) is 73.5 Å². The number of carbonyl (C=O) groups is 2. The summed E-state index contributed by atoms with van der Waals surface area (Å²) in [6, 6.07) is 24.9. The van der Waals surface area contributed by atoms with E-state index < -0.39 is 0 Å². The Bertz CT molecular complexity index is 978. The van der Waals surface area contributed by atoms with Crippen molar-refractivity contribution in [2.45, 2.75) is 50.9 Å². The highest BCUT2D eigenvalue weighted by molar-refractivity contribution is 5.93. The second-order valence-electron chi connectivity index (χ2n) is 8.58. The maximum absolute atomic E-state index is 12.1. The largest absolute Gasteiger partial charge is 0.354 e. The monoisotopic (exact) mass is 457 g/mol. The van der Waals surface area contributed by atoms with Crippen LogP contribution < -0.4 is 10.6 Å². The van der Waals surface area contributed by atoms with Crippen molar-refractivity contribution in [2.24, 2.45) is 0 Å². The third kappa shape index (κ3) is 9.18. The summed E-state index contributed by atoms with van der Waals surface area (Å²) in [5.74, 6) is 0.403. The molecular weight excluding hydrogens is 422 g/mol. The van der Waals surface area contributed by atoms with E-state index >= 15 is 0 Å². The average Bonchev–Trinajstić information content (AvgIpc) is 2.89. The van der Waals surface area contributed by atoms with E-state index in [9.17, 15) is 9.59 Å². The number of hydrogen-bond donors (Lipinski definition) is 2. The van der Waals surface area contributed by atoms with Crippen molar-refractivity contribution in [1.82, 2.24) is 15.6 Å². The summed E-state index contributed by atoms with van der Waals surface area (Å²) in [6.07, 6.45) is 10.1. The summed E-state index contributed by atoms with van der Waals surface area (Å²) < 4.78 is 0. The van der Waals surface area contributed by atoms with Crippen molar-refractivity contribution in [3.8, 4) is 0 Å². The summed E-state index contributed by atoms with van der Waals surface area (Å²) in [6.45, 7) is 0.833. The molecule has 178 valence electrons. The lowest BCUT2D eigenvalue weighted by atomic mass is 9.88. The topological polar surface area (TPSA) is 71.1 Å². The van der Waals surface area contributed by atoms with Gasteiger partial charge in [-0.2, -0.15) is 0 Å². The third-order valence-electron chi connectivity index (χ3n) is 6.01. The van der Waals surface area contributed by atoms with Crippen LogP contribution in [0, 0.1) is 0 Å². The minimum absolute atomic E-state index is 0.0410. The van der Waals surface area contributed by atoms with Gasteiger partial charge in [0.15, 0.2) is 0 Å². The predicted molar refractivity (Wildman–Crippen MR) is 137 cm³/mol. The third-order valence-corrected chi connectivity index (χ3v) is 6.01. The number of carbonyl (C=O) groups excluding carboxylic acids is 2. The summed E-state index contributed by atoms with van der Waals surface area (Å²) in [5.41, 5.74) is 3.31. The summed E-state index contributed by atoms with van der Waals surface area (Å²) in [5, 5.41) is 5.67. The molecule has 3 rings (SSSR count). The highest BCUT2D eigenvalue weighted by Gasteiger charge is 2.12. The molecule has 3 aromatic rings. The van der Waals surface area contributed by atoms with Crippen LogP contribution in [0.15, 0.2) is 85.2 Å². The van der Waals surface area contributed by atoms with Crippen molar-refractivity contribution in [1.29, 1.82) is 0 Å². The number of rotatable bonds is 14. The van der Waals surface area contributed by atoms with Gasteiger partial charge in [0.1, 0.15) is 0 Å². The zero-order valence-electron chi connectivity index (χ0n) is 19.8. The van der Waals surface area contributed by atoms with Gasteiger partial charge in [0.25, 0.3) is 5.91 Å². The van der Waals surface area contributed by atoms with Gasteiger partial charge in [0, 0.05) is 31.9 Å². The van der Waals surface area contributed by atoms with E-state index in [1.54, 1.807) is 18.3 Å². The van der Waals surface area contributed by atoms with Crippen molar-refractivity contribution in [2.75, 3.05) is 13.1 Å². The molecule has 0 aliphatic carbocycles. The number of pyridine rings is 1. The lowest BCUT2D eigenvalue weighted by molar-refractivity contribution is -0.121. The lowest BCUT2D eigenvalue weighted by Crippen LogP contribution is -2.34. The van der Waals surface area contributed by atoms with Crippen molar-refractivity contribution >= 4 is 11.8 Å². The fraction of sp³-hybridized carbons (Fsp3) is 0.345. The first-order valence-electron chi connectivity index (χ1n) is 12.3. The maximum atomic E-state index is 12.1. The molecule has 1 heterocycles. The van der Waals surface area contributed by atoms with E-state index in [2.05, 4.69) is 76.3 Å². The molecule has 1 aromatic heterocycles. The Morgan fingerprint density at radius 1 is 0.765 bits per heavy atom. The molecule has 34 heavy (non-hydrogen) atoms. The number of unbranched alkanes of at least 4 members (excludes halogenated alkanes) is 2. The second-order valence-corrected chi connectivity index (χ2v) is 8.58. The first kappa shape index (κ1) is 25.2. The number of aromatic nitrogens is 1. The first-order valence-corrected chi connectivity index (χ1v) is 12.3. The second kappa shape index (κ2) is 14.6. The molecule has 0 radical (unpaired) electrons. The summed E-state index contributed by atoms with van der Waals surface area (Å²) in [7, 11) is 0. The van der Waals surface area contributed by atoms with E-state index in [1.165, 1.54) is 17.3 Å². The molecule has 5 nitrogen and oxygen atoms in total. The molecule has 5 heteroatoms. The molecule has 2 aromatic carbocycles. The zero-order valence-corrected chi connectivity index (χ0v) is 19.8. The quantitative estimate of drug-likeness (QED) is 0.323. The molecule has 0 saturated carbocycles. The molecule has 1 unspecified atom stereocenters. The average molecular weight is 458 g/mol. The smallest absolute Gasteiger partial charge is 0.252 e. The number of hydrogen-bond acceptors (Lipinski definition) is 3. The molecule has 0 aliphatic rings. The maximum Gasteiger partial charge on any atom is 0.252 e. The van der Waals surface area contributed by atoms with E-state index in [0.717, 1.165) is 38.5 Å². The van der Waals surface area contributed by atoms with Crippen LogP contribution in [0.25, 0.3) is 0 Å². The Balaban J connectivity index is 1.30. The Morgan fingerprint density at radius 2 is 1.50 bits per heavy atom. The van der Waals surface area contributed by atoms with Crippen LogP contribution in [-0.2, 0) is 11.2 Å². The van der Waals surface area contributed by atoms with Crippen LogP contribution in [0.4, 0.5) is 0 Å². The molecular formula is C29H35N3O2. The SMILES string of the molecule is O=C(CCCCCC(CCc1ccccc1)c1ccccc1)NCCNC(=O)c1cccnc1. The van der Waals surface area contributed by atoms with Gasteiger partial charge < -0.3 is 10.6 Å². The predicted octanol–water partition coefficient (Wildman–Crippen LogP) is 5.29. The Kier molecular flexibility index (Phi) is 10.8. The first-order chi connectivity index (χ1) is 16.7. The van der Waals surface area contributed by atoms with Gasteiger partial charge >= 0.3 is 0 Å². The highest BCUT2D eigenvalue weighted by Crippen LogP contribution is 2.27. The van der Waals surface area contributed by atoms with Crippen molar-refractivity contribution in [3.63, 3.8) is 0 Å². The van der Waals surface area contributed by atoms with Crippen LogP contribution in [-0.4, -0.2) is 29.9 Å². The summed E-state index contributed by atoms with van der Waals surface area (Å²) >= 11 is 0. The number of aryl methyl sites for hydroxylation is 1. The van der Waals surface area contributed by atoms with Crippen LogP contribution >= 0.6 is 0 Å². The molecule has 0 bridgehead atoms. The van der Waals surface area contributed by atoms with Gasteiger partial charge in [0.05, 0.1) is 5.56 Å². The number of nitrogens with zero attached hydrogens (tertiary/aromatic N) is 1. The standard InChI is InChI=1S/C29H35N3O2/c33-28(31-21-22-32-29(34)27-16-10-20-30-23-27)17-9-3-8-15-26(25-13-6-2-7-14-25)19-18-24-11-4-1-5-12-24/h1-2,4-7,10-14,16,20,23,26H,3,8-9,15,17-19,21-22H2,(H,31,33)(H,32,34). The van der Waals surface area contributed by atoms with Gasteiger partial charge in [-0.05, 0) is 54.9 Å². The molecule has 2 N–H and O–H groups in total. The lowest BCUT2D eigenvalue weighted by Gasteiger charge is -2.17. The molecule has 0 fully saturated rings. The van der Waals surface area contributed by atoms with E-state index in [4.69, 9.17) is 0 Å². The molecule has 1 atom stereocenters.